The molecule has 0 fully saturated rings. The van der Waals surface area contributed by atoms with Crippen molar-refractivity contribution >= 4 is 5.69 Å². The molecule has 0 aliphatic carbocycles. The molecule has 0 atom stereocenters. The minimum Gasteiger partial charge on any atom is -0.457 e. The summed E-state index contributed by atoms with van der Waals surface area (Å²) < 4.78 is 70.6. The molecule has 2 nitrogen and oxygen atoms in total. The van der Waals surface area contributed by atoms with Crippen LogP contribution < -0.4 is 10.5 Å². The Balaban J connectivity index is 0.000000257. The summed E-state index contributed by atoms with van der Waals surface area (Å²) in [5.74, 6) is 1.58. The normalized spacial score (nSPS) is 11.4. The lowest BCUT2D eigenvalue weighted by molar-refractivity contribution is -0.232. The molecule has 0 heterocycles. The molecule has 126 valence electrons. The van der Waals surface area contributed by atoms with Crippen LogP contribution in [0.5, 0.6) is 11.5 Å². The molecule has 0 saturated carbocycles. The van der Waals surface area contributed by atoms with E-state index in [1.54, 1.807) is 6.07 Å². The third-order valence-electron chi connectivity index (χ3n) is 2.24. The van der Waals surface area contributed by atoms with Crippen LogP contribution in [0.2, 0.25) is 0 Å². The van der Waals surface area contributed by atoms with Crippen LogP contribution in [0.3, 0.4) is 0 Å². The van der Waals surface area contributed by atoms with Crippen molar-refractivity contribution in [2.75, 3.05) is 5.73 Å². The van der Waals surface area contributed by atoms with E-state index in [0.29, 0.717) is 5.69 Å². The molecule has 0 radical (unpaired) electrons. The highest BCUT2D eigenvalue weighted by atomic mass is 19.4. The molecule has 0 spiro atoms. The van der Waals surface area contributed by atoms with Crippen LogP contribution in [0.4, 0.5) is 32.0 Å². The predicted molar refractivity (Wildman–Crippen MR) is 74.1 cm³/mol. The molecule has 2 rings (SSSR count). The summed E-state index contributed by atoms with van der Waals surface area (Å²) in [5, 5.41) is 0. The van der Waals surface area contributed by atoms with Gasteiger partial charge in [0.15, 0.2) is 0 Å². The molecule has 8 heteroatoms. The zero-order valence-electron chi connectivity index (χ0n) is 11.7. The maximum absolute atomic E-state index is 10.8. The zero-order valence-corrected chi connectivity index (χ0v) is 11.7. The maximum atomic E-state index is 10.8. The molecule has 2 aromatic rings. The van der Waals surface area contributed by atoms with Crippen LogP contribution in [0.25, 0.3) is 0 Å². The maximum Gasteiger partial charge on any atom is 0.397 e. The fourth-order valence-electron chi connectivity index (χ4n) is 1.43. The van der Waals surface area contributed by atoms with Crippen LogP contribution in [-0.2, 0) is 0 Å². The lowest BCUT2D eigenvalue weighted by atomic mass is 10.3. The van der Waals surface area contributed by atoms with Gasteiger partial charge < -0.3 is 10.5 Å². The number of hydrogen-bond donors (Lipinski definition) is 1. The second kappa shape index (κ2) is 7.75. The third-order valence-corrected chi connectivity index (χ3v) is 2.24. The van der Waals surface area contributed by atoms with Gasteiger partial charge in [-0.05, 0) is 24.3 Å². The molecule has 0 unspecified atom stereocenters. The first-order chi connectivity index (χ1) is 10.6. The molecule has 2 aromatic carbocycles. The first-order valence-corrected chi connectivity index (χ1v) is 6.27. The molecule has 0 saturated heterocycles. The molecule has 0 aromatic heterocycles. The summed E-state index contributed by atoms with van der Waals surface area (Å²) in [5.41, 5.74) is 6.34. The van der Waals surface area contributed by atoms with E-state index in [-0.39, 0.29) is 0 Å². The zero-order chi connectivity index (χ0) is 17.5. The van der Waals surface area contributed by atoms with Gasteiger partial charge in [0.25, 0.3) is 0 Å². The summed E-state index contributed by atoms with van der Waals surface area (Å²) in [7, 11) is 0. The van der Waals surface area contributed by atoms with E-state index in [4.69, 9.17) is 10.5 Å². The highest BCUT2D eigenvalue weighted by molar-refractivity contribution is 5.45. The van der Waals surface area contributed by atoms with Crippen molar-refractivity contribution in [2.45, 2.75) is 18.8 Å². The van der Waals surface area contributed by atoms with Crippen LogP contribution in [0.1, 0.15) is 6.42 Å². The highest BCUT2D eigenvalue weighted by Gasteiger charge is 2.43. The van der Waals surface area contributed by atoms with E-state index in [1.807, 2.05) is 48.5 Å². The average Bonchev–Trinajstić information content (AvgIpc) is 2.36. The Hall–Kier alpha value is -2.38. The van der Waals surface area contributed by atoms with Crippen molar-refractivity contribution in [1.29, 1.82) is 0 Å². The third kappa shape index (κ3) is 9.28. The van der Waals surface area contributed by atoms with E-state index >= 15 is 0 Å². The Morgan fingerprint density at radius 2 is 1.26 bits per heavy atom. The van der Waals surface area contributed by atoms with Gasteiger partial charge in [-0.15, -0.1) is 0 Å². The molecular weight excluding hydrogens is 324 g/mol. The Bertz CT molecular complexity index is 583. The second-order valence-corrected chi connectivity index (χ2v) is 4.39. The number of rotatable bonds is 2. The minimum atomic E-state index is -5.14. The van der Waals surface area contributed by atoms with Crippen molar-refractivity contribution in [3.05, 3.63) is 54.6 Å². The van der Waals surface area contributed by atoms with Gasteiger partial charge in [0.05, 0.1) is 0 Å². The van der Waals surface area contributed by atoms with Crippen molar-refractivity contribution < 1.29 is 31.1 Å². The van der Waals surface area contributed by atoms with Gasteiger partial charge in [0.1, 0.15) is 17.9 Å². The smallest absolute Gasteiger partial charge is 0.397 e. The van der Waals surface area contributed by atoms with E-state index in [0.717, 1.165) is 11.5 Å². The summed E-state index contributed by atoms with van der Waals surface area (Å²) >= 11 is 0. The fourth-order valence-corrected chi connectivity index (χ4v) is 1.43. The van der Waals surface area contributed by atoms with Crippen LogP contribution in [0.15, 0.2) is 54.6 Å². The highest BCUT2D eigenvalue weighted by Crippen LogP contribution is 2.31. The lowest BCUT2D eigenvalue weighted by Crippen LogP contribution is -2.20. The number of hydrogen-bond acceptors (Lipinski definition) is 2. The van der Waals surface area contributed by atoms with Crippen molar-refractivity contribution in [3.8, 4) is 11.5 Å². The summed E-state index contributed by atoms with van der Waals surface area (Å²) in [4.78, 5) is 0. The van der Waals surface area contributed by atoms with Gasteiger partial charge >= 0.3 is 12.4 Å². The largest absolute Gasteiger partial charge is 0.457 e. The first kappa shape index (κ1) is 18.7. The minimum absolute atomic E-state index is 0.707. The van der Waals surface area contributed by atoms with Crippen molar-refractivity contribution in [1.82, 2.24) is 0 Å². The first-order valence-electron chi connectivity index (χ1n) is 6.27. The van der Waals surface area contributed by atoms with E-state index in [1.165, 1.54) is 0 Å². The van der Waals surface area contributed by atoms with Gasteiger partial charge in [-0.2, -0.15) is 26.3 Å². The van der Waals surface area contributed by atoms with Gasteiger partial charge in [-0.25, -0.2) is 0 Å². The predicted octanol–water partition coefficient (Wildman–Crippen LogP) is 5.56. The number of alkyl halides is 6. The Kier molecular flexibility index (Phi) is 6.29. The quantitative estimate of drug-likeness (QED) is 0.575. The van der Waals surface area contributed by atoms with Gasteiger partial charge in [-0.3, -0.25) is 0 Å². The topological polar surface area (TPSA) is 35.2 Å². The monoisotopic (exact) mass is 337 g/mol. The summed E-state index contributed by atoms with van der Waals surface area (Å²) in [6, 6.07) is 17.0. The van der Waals surface area contributed by atoms with E-state index < -0.39 is 18.8 Å². The lowest BCUT2D eigenvalue weighted by Gasteiger charge is -2.08. The van der Waals surface area contributed by atoms with Crippen molar-refractivity contribution in [2.24, 2.45) is 0 Å². The molecular formula is C15H13F6NO. The Morgan fingerprint density at radius 1 is 0.739 bits per heavy atom. The number of para-hydroxylation sites is 1. The number of halogens is 6. The Morgan fingerprint density at radius 3 is 1.70 bits per heavy atom. The standard InChI is InChI=1S/C12H11NO.C3H2F6/c13-10-5-4-8-12(9-10)14-11-6-2-1-3-7-11;4-2(5,6)1-3(7,8)9/h1-9H,13H2;1H2. The average molecular weight is 337 g/mol. The molecule has 2 N–H and O–H groups in total. The van der Waals surface area contributed by atoms with Crippen LogP contribution in [-0.4, -0.2) is 12.4 Å². The number of nitrogens with two attached hydrogens (primary N) is 1. The Labute approximate surface area is 128 Å². The number of anilines is 1. The van der Waals surface area contributed by atoms with Gasteiger partial charge in [0, 0.05) is 11.8 Å². The summed E-state index contributed by atoms with van der Waals surface area (Å²) in [6.45, 7) is 0. The van der Waals surface area contributed by atoms with E-state index in [9.17, 15) is 26.3 Å². The molecule has 0 bridgehead atoms. The van der Waals surface area contributed by atoms with E-state index in [2.05, 4.69) is 0 Å². The second-order valence-electron chi connectivity index (χ2n) is 4.39. The van der Waals surface area contributed by atoms with Crippen LogP contribution in [0, 0.1) is 0 Å². The van der Waals surface area contributed by atoms with Crippen molar-refractivity contribution in [3.63, 3.8) is 0 Å². The van der Waals surface area contributed by atoms with Gasteiger partial charge in [-0.1, -0.05) is 24.3 Å². The molecule has 0 aliphatic heterocycles. The fraction of sp³-hybridized carbons (Fsp3) is 0.200. The molecule has 0 amide bonds. The van der Waals surface area contributed by atoms with Gasteiger partial charge in [0.2, 0.25) is 0 Å². The number of ether oxygens (including phenoxy) is 1. The molecule has 23 heavy (non-hydrogen) atoms. The molecule has 0 aliphatic rings. The number of benzene rings is 2. The van der Waals surface area contributed by atoms with Crippen LogP contribution >= 0.6 is 0 Å². The SMILES string of the molecule is FC(F)(F)CC(F)(F)F.Nc1cccc(Oc2ccccc2)c1. The number of nitrogen functional groups attached to an aromatic ring is 1. The summed E-state index contributed by atoms with van der Waals surface area (Å²) in [6.07, 6.45) is -13.0.